The van der Waals surface area contributed by atoms with Gasteiger partial charge in [-0.15, -0.1) is 0 Å². The first-order valence-corrected chi connectivity index (χ1v) is 9.38. The zero-order valence-corrected chi connectivity index (χ0v) is 14.2. The van der Waals surface area contributed by atoms with E-state index in [1.807, 2.05) is 0 Å². The Morgan fingerprint density at radius 1 is 0.500 bits per heavy atom. The van der Waals surface area contributed by atoms with Crippen LogP contribution in [0, 0.1) is 0 Å². The zero-order chi connectivity index (χ0) is 16.8. The molecule has 3 aliphatic carbocycles. The molecule has 7 rings (SSSR count). The molecule has 0 spiro atoms. The van der Waals surface area contributed by atoms with E-state index in [0.717, 1.165) is 0 Å². The van der Waals surface area contributed by atoms with E-state index in [-0.39, 0.29) is 0 Å². The lowest BCUT2D eigenvalue weighted by molar-refractivity contribution is 0.738. The molecule has 0 amide bonds. The van der Waals surface area contributed by atoms with Gasteiger partial charge in [0.25, 0.3) is 0 Å². The summed E-state index contributed by atoms with van der Waals surface area (Å²) in [5, 5.41) is 5.63. The van der Waals surface area contributed by atoms with Crippen LogP contribution in [0.5, 0.6) is 0 Å². The molecular weight excluding hydrogens is 312 g/mol. The normalized spacial score (nSPS) is 20.8. The highest BCUT2D eigenvalue weighted by atomic mass is 14.4. The van der Waals surface area contributed by atoms with Crippen LogP contribution in [0.25, 0.3) is 44.8 Å². The number of allylic oxidation sites excluding steroid dienone is 2. The molecule has 0 fully saturated rings. The molecule has 4 aromatic rings. The van der Waals surface area contributed by atoms with E-state index in [4.69, 9.17) is 0 Å². The van der Waals surface area contributed by atoms with Gasteiger partial charge < -0.3 is 0 Å². The second-order valence-corrected chi connectivity index (χ2v) is 7.71. The van der Waals surface area contributed by atoms with Crippen LogP contribution in [0.4, 0.5) is 0 Å². The summed E-state index contributed by atoms with van der Waals surface area (Å²) in [6.07, 6.45) is 9.54. The van der Waals surface area contributed by atoms with Crippen molar-refractivity contribution in [3.05, 3.63) is 95.1 Å². The molecule has 0 nitrogen and oxygen atoms in total. The van der Waals surface area contributed by atoms with Crippen LogP contribution in [0.2, 0.25) is 0 Å². The minimum atomic E-state index is 0.436. The van der Waals surface area contributed by atoms with Gasteiger partial charge in [0, 0.05) is 11.8 Å². The van der Waals surface area contributed by atoms with Gasteiger partial charge in [0.15, 0.2) is 0 Å². The molecule has 0 heteroatoms. The summed E-state index contributed by atoms with van der Waals surface area (Å²) < 4.78 is 0. The quantitative estimate of drug-likeness (QED) is 0.329. The van der Waals surface area contributed by atoms with Crippen LogP contribution in [-0.4, -0.2) is 0 Å². The number of benzene rings is 4. The van der Waals surface area contributed by atoms with E-state index in [1.165, 1.54) is 54.9 Å². The van der Waals surface area contributed by atoms with Crippen molar-refractivity contribution in [1.82, 2.24) is 0 Å². The molecule has 0 N–H and O–H groups in total. The number of rotatable bonds is 0. The van der Waals surface area contributed by atoms with E-state index >= 15 is 0 Å². The first-order chi connectivity index (χ1) is 12.9. The Balaban J connectivity index is 1.72. The van der Waals surface area contributed by atoms with Gasteiger partial charge in [0.05, 0.1) is 0 Å². The standard InChI is InChI=1S/C26H16/c1-3-15-7-11-19-21-13-9-17-5-2-6-18-10-14-22(26(21)24(17)18)20-12-8-16(4-1)23(15)25(19)20/h1-14,19,21H. The lowest BCUT2D eigenvalue weighted by Crippen LogP contribution is -2.19. The first kappa shape index (κ1) is 13.1. The second kappa shape index (κ2) is 4.34. The molecular formula is C26H16. The molecule has 26 heavy (non-hydrogen) atoms. The minimum absolute atomic E-state index is 0.436. The van der Waals surface area contributed by atoms with Gasteiger partial charge in [0.1, 0.15) is 0 Å². The first-order valence-electron chi connectivity index (χ1n) is 9.38. The highest BCUT2D eigenvalue weighted by Crippen LogP contribution is 2.56. The fraction of sp³-hybridized carbons (Fsp3) is 0.0769. The predicted octanol–water partition coefficient (Wildman–Crippen LogP) is 6.89. The molecule has 0 heterocycles. The van der Waals surface area contributed by atoms with Gasteiger partial charge in [-0.05, 0) is 54.9 Å². The molecule has 0 saturated carbocycles. The predicted molar refractivity (Wildman–Crippen MR) is 110 cm³/mol. The Hall–Kier alpha value is -3.12. The minimum Gasteiger partial charge on any atom is -0.0754 e. The molecule has 0 aromatic heterocycles. The largest absolute Gasteiger partial charge is 0.0754 e. The fourth-order valence-corrected chi connectivity index (χ4v) is 5.52. The lowest BCUT2D eigenvalue weighted by Gasteiger charge is -2.38. The smallest absolute Gasteiger partial charge is 0.0138 e. The molecule has 3 aliphatic rings. The van der Waals surface area contributed by atoms with Crippen LogP contribution in [0.1, 0.15) is 34.1 Å². The maximum absolute atomic E-state index is 2.44. The molecule has 0 radical (unpaired) electrons. The van der Waals surface area contributed by atoms with Gasteiger partial charge in [-0.25, -0.2) is 0 Å². The Morgan fingerprint density at radius 3 is 1.50 bits per heavy atom. The summed E-state index contributed by atoms with van der Waals surface area (Å²) in [5.41, 5.74) is 8.64. The van der Waals surface area contributed by atoms with Crippen LogP contribution in [0.15, 0.2) is 72.8 Å². The van der Waals surface area contributed by atoms with Crippen LogP contribution in [-0.2, 0) is 0 Å². The van der Waals surface area contributed by atoms with Crippen molar-refractivity contribution in [3.8, 4) is 11.1 Å². The SMILES string of the molecule is C1=CC2c3c(ccc4cccc1c34)-c1ccc3cccc4c3c1C2C=C4. The van der Waals surface area contributed by atoms with Gasteiger partial charge in [-0.1, -0.05) is 85.0 Å². The molecule has 2 atom stereocenters. The van der Waals surface area contributed by atoms with Crippen molar-refractivity contribution in [2.24, 2.45) is 0 Å². The molecule has 0 bridgehead atoms. The topological polar surface area (TPSA) is 0 Å². The van der Waals surface area contributed by atoms with Crippen LogP contribution in [0.3, 0.4) is 0 Å². The Bertz CT molecular complexity index is 1230. The molecule has 2 unspecified atom stereocenters. The Morgan fingerprint density at radius 2 is 1.00 bits per heavy atom. The van der Waals surface area contributed by atoms with E-state index < -0.39 is 0 Å². The number of fused-ring (bicyclic) bond motifs is 2. The highest BCUT2D eigenvalue weighted by Gasteiger charge is 2.36. The summed E-state index contributed by atoms with van der Waals surface area (Å²) in [6.45, 7) is 0. The molecule has 120 valence electrons. The van der Waals surface area contributed by atoms with Crippen LogP contribution < -0.4 is 0 Å². The zero-order valence-electron chi connectivity index (χ0n) is 14.2. The monoisotopic (exact) mass is 328 g/mol. The number of hydrogen-bond donors (Lipinski definition) is 0. The van der Waals surface area contributed by atoms with E-state index in [9.17, 15) is 0 Å². The maximum atomic E-state index is 2.44. The molecule has 0 aliphatic heterocycles. The van der Waals surface area contributed by atoms with E-state index in [2.05, 4.69) is 85.0 Å². The Kier molecular flexibility index (Phi) is 2.19. The average Bonchev–Trinajstić information content (AvgIpc) is 2.70. The van der Waals surface area contributed by atoms with Gasteiger partial charge in [0.2, 0.25) is 0 Å². The number of hydrogen-bond acceptors (Lipinski definition) is 0. The third-order valence-corrected chi connectivity index (χ3v) is 6.55. The third-order valence-electron chi connectivity index (χ3n) is 6.55. The van der Waals surface area contributed by atoms with Crippen molar-refractivity contribution < 1.29 is 0 Å². The second-order valence-electron chi connectivity index (χ2n) is 7.71. The van der Waals surface area contributed by atoms with Crippen molar-refractivity contribution >= 4 is 33.7 Å². The van der Waals surface area contributed by atoms with Crippen molar-refractivity contribution in [3.63, 3.8) is 0 Å². The average molecular weight is 328 g/mol. The van der Waals surface area contributed by atoms with Gasteiger partial charge >= 0.3 is 0 Å². The third kappa shape index (κ3) is 1.40. The molecule has 0 saturated heterocycles. The fourth-order valence-electron chi connectivity index (χ4n) is 5.52. The van der Waals surface area contributed by atoms with Crippen molar-refractivity contribution in [2.45, 2.75) is 11.8 Å². The Labute approximate surface area is 152 Å². The summed E-state index contributed by atoms with van der Waals surface area (Å²) in [7, 11) is 0. The van der Waals surface area contributed by atoms with E-state index in [1.54, 1.807) is 0 Å². The van der Waals surface area contributed by atoms with Crippen molar-refractivity contribution in [2.75, 3.05) is 0 Å². The van der Waals surface area contributed by atoms with Crippen LogP contribution >= 0.6 is 0 Å². The summed E-state index contributed by atoms with van der Waals surface area (Å²) in [4.78, 5) is 0. The van der Waals surface area contributed by atoms with Crippen molar-refractivity contribution in [1.29, 1.82) is 0 Å². The van der Waals surface area contributed by atoms with E-state index in [0.29, 0.717) is 11.8 Å². The lowest BCUT2D eigenvalue weighted by atomic mass is 9.65. The maximum Gasteiger partial charge on any atom is 0.0138 e. The molecule has 4 aromatic carbocycles. The summed E-state index contributed by atoms with van der Waals surface area (Å²) >= 11 is 0. The summed E-state index contributed by atoms with van der Waals surface area (Å²) in [5.74, 6) is 0.873. The highest BCUT2D eigenvalue weighted by molar-refractivity contribution is 6.06. The van der Waals surface area contributed by atoms with Gasteiger partial charge in [-0.3, -0.25) is 0 Å². The van der Waals surface area contributed by atoms with Gasteiger partial charge in [-0.2, -0.15) is 0 Å². The summed E-state index contributed by atoms with van der Waals surface area (Å²) in [6, 6.07) is 22.6.